The third kappa shape index (κ3) is 2.40. The zero-order valence-corrected chi connectivity index (χ0v) is 11.0. The van der Waals surface area contributed by atoms with Crippen LogP contribution in [0.15, 0.2) is 30.3 Å². The molecular weight excluding hydrogens is 244 g/mol. The van der Waals surface area contributed by atoms with Crippen LogP contribution in [0.3, 0.4) is 0 Å². The molecule has 0 saturated carbocycles. The molecule has 2 rings (SSSR count). The third-order valence-corrected chi connectivity index (χ3v) is 2.75. The molecule has 0 saturated heterocycles. The minimum absolute atomic E-state index is 0.226. The number of ether oxygens (including phenoxy) is 1. The number of hydrogen-bond donors (Lipinski definition) is 0. The molecule has 19 heavy (non-hydrogen) atoms. The average molecular weight is 258 g/mol. The normalized spacial score (nSPS) is 10.3. The Hall–Kier alpha value is -2.43. The van der Waals surface area contributed by atoms with Gasteiger partial charge in [-0.25, -0.2) is 9.78 Å². The molecule has 0 N–H and O–H groups in total. The Labute approximate surface area is 110 Å². The monoisotopic (exact) mass is 258 g/mol. The number of rotatable bonds is 2. The summed E-state index contributed by atoms with van der Waals surface area (Å²) in [6, 6.07) is 8.62. The van der Waals surface area contributed by atoms with Gasteiger partial charge in [-0.15, -0.1) is 0 Å². The van der Waals surface area contributed by atoms with Gasteiger partial charge in [-0.3, -0.25) is 4.79 Å². The molecule has 98 valence electrons. The second-order valence-corrected chi connectivity index (χ2v) is 4.26. The summed E-state index contributed by atoms with van der Waals surface area (Å²) in [5.74, 6) is -0.734. The van der Waals surface area contributed by atoms with E-state index in [1.165, 1.54) is 18.1 Å². The van der Waals surface area contributed by atoms with E-state index in [-0.39, 0.29) is 11.6 Å². The van der Waals surface area contributed by atoms with Crippen molar-refractivity contribution in [2.24, 2.45) is 0 Å². The molecule has 0 aliphatic carbocycles. The van der Waals surface area contributed by atoms with Crippen molar-refractivity contribution in [1.82, 2.24) is 9.88 Å². The van der Waals surface area contributed by atoms with Crippen LogP contribution in [0.5, 0.6) is 0 Å². The van der Waals surface area contributed by atoms with Gasteiger partial charge in [-0.05, 0) is 12.1 Å². The van der Waals surface area contributed by atoms with Crippen LogP contribution < -0.4 is 0 Å². The summed E-state index contributed by atoms with van der Waals surface area (Å²) in [4.78, 5) is 29.4. The van der Waals surface area contributed by atoms with E-state index < -0.39 is 5.97 Å². The van der Waals surface area contributed by atoms with E-state index in [2.05, 4.69) is 4.98 Å². The van der Waals surface area contributed by atoms with E-state index in [4.69, 9.17) is 4.74 Å². The highest BCUT2D eigenvalue weighted by Gasteiger charge is 2.17. The number of pyridine rings is 1. The van der Waals surface area contributed by atoms with Gasteiger partial charge in [-0.1, -0.05) is 18.2 Å². The van der Waals surface area contributed by atoms with Gasteiger partial charge in [0.15, 0.2) is 0 Å². The molecule has 1 aromatic carbocycles. The first-order chi connectivity index (χ1) is 9.04. The Morgan fingerprint density at radius 2 is 1.89 bits per heavy atom. The second-order valence-electron chi connectivity index (χ2n) is 4.26. The van der Waals surface area contributed by atoms with Crippen molar-refractivity contribution in [2.45, 2.75) is 0 Å². The molecule has 2 aromatic rings. The first-order valence-electron chi connectivity index (χ1n) is 5.74. The molecule has 0 aliphatic heterocycles. The van der Waals surface area contributed by atoms with E-state index >= 15 is 0 Å². The number of carbonyl (C=O) groups excluding carboxylic acids is 2. The minimum atomic E-state index is -0.480. The SMILES string of the molecule is COC(=O)c1cc(C(=O)N(C)C)nc2ccccc12. The molecule has 0 unspecified atom stereocenters. The fraction of sp³-hybridized carbons (Fsp3) is 0.214. The highest BCUT2D eigenvalue weighted by molar-refractivity contribution is 6.06. The van der Waals surface area contributed by atoms with Crippen LogP contribution in [0.1, 0.15) is 20.8 Å². The number of benzene rings is 1. The predicted octanol–water partition coefficient (Wildman–Crippen LogP) is 1.72. The van der Waals surface area contributed by atoms with E-state index in [9.17, 15) is 9.59 Å². The van der Waals surface area contributed by atoms with Gasteiger partial charge in [0, 0.05) is 19.5 Å². The lowest BCUT2D eigenvalue weighted by atomic mass is 10.1. The van der Waals surface area contributed by atoms with Crippen molar-refractivity contribution in [2.75, 3.05) is 21.2 Å². The van der Waals surface area contributed by atoms with Gasteiger partial charge >= 0.3 is 5.97 Å². The first kappa shape index (κ1) is 13.0. The van der Waals surface area contributed by atoms with Crippen molar-refractivity contribution in [1.29, 1.82) is 0 Å². The maximum atomic E-state index is 12.0. The number of aromatic nitrogens is 1. The molecule has 5 heteroatoms. The van der Waals surface area contributed by atoms with Crippen molar-refractivity contribution in [3.63, 3.8) is 0 Å². The Morgan fingerprint density at radius 3 is 2.53 bits per heavy atom. The summed E-state index contributed by atoms with van der Waals surface area (Å²) >= 11 is 0. The number of hydrogen-bond acceptors (Lipinski definition) is 4. The molecule has 0 fully saturated rings. The number of carbonyl (C=O) groups is 2. The van der Waals surface area contributed by atoms with Crippen LogP contribution in [-0.2, 0) is 4.74 Å². The number of fused-ring (bicyclic) bond motifs is 1. The number of esters is 1. The van der Waals surface area contributed by atoms with Crippen molar-refractivity contribution < 1.29 is 14.3 Å². The van der Waals surface area contributed by atoms with Gasteiger partial charge < -0.3 is 9.64 Å². The van der Waals surface area contributed by atoms with Crippen LogP contribution in [0.2, 0.25) is 0 Å². The average Bonchev–Trinajstić information content (AvgIpc) is 2.44. The number of methoxy groups -OCH3 is 1. The fourth-order valence-corrected chi connectivity index (χ4v) is 1.79. The fourth-order valence-electron chi connectivity index (χ4n) is 1.79. The third-order valence-electron chi connectivity index (χ3n) is 2.75. The zero-order chi connectivity index (χ0) is 14.0. The van der Waals surface area contributed by atoms with E-state index in [0.717, 1.165) is 0 Å². The van der Waals surface area contributed by atoms with Gasteiger partial charge in [0.2, 0.25) is 0 Å². The Morgan fingerprint density at radius 1 is 1.21 bits per heavy atom. The van der Waals surface area contributed by atoms with Gasteiger partial charge in [0.25, 0.3) is 5.91 Å². The minimum Gasteiger partial charge on any atom is -0.465 e. The Kier molecular flexibility index (Phi) is 3.46. The molecule has 0 spiro atoms. The van der Waals surface area contributed by atoms with E-state index in [1.807, 2.05) is 6.07 Å². The largest absolute Gasteiger partial charge is 0.465 e. The highest BCUT2D eigenvalue weighted by atomic mass is 16.5. The summed E-state index contributed by atoms with van der Waals surface area (Å²) in [7, 11) is 4.58. The summed E-state index contributed by atoms with van der Waals surface area (Å²) < 4.78 is 4.75. The van der Waals surface area contributed by atoms with E-state index in [1.54, 1.807) is 32.3 Å². The second kappa shape index (κ2) is 5.06. The lowest BCUT2D eigenvalue weighted by molar-refractivity contribution is 0.0603. The molecule has 0 aliphatic rings. The molecule has 5 nitrogen and oxygen atoms in total. The van der Waals surface area contributed by atoms with Crippen LogP contribution in [0.4, 0.5) is 0 Å². The smallest absolute Gasteiger partial charge is 0.338 e. The Balaban J connectivity index is 2.70. The molecule has 0 bridgehead atoms. The predicted molar refractivity (Wildman–Crippen MR) is 71.1 cm³/mol. The standard InChI is InChI=1S/C14H14N2O3/c1-16(2)13(17)12-8-10(14(18)19-3)9-6-4-5-7-11(9)15-12/h4-8H,1-3H3. The van der Waals surface area contributed by atoms with Gasteiger partial charge in [0.05, 0.1) is 18.2 Å². The number of para-hydroxylation sites is 1. The lowest BCUT2D eigenvalue weighted by Gasteiger charge is -2.12. The first-order valence-corrected chi connectivity index (χ1v) is 5.74. The van der Waals surface area contributed by atoms with Crippen LogP contribution in [0.25, 0.3) is 10.9 Å². The molecule has 1 heterocycles. The summed E-state index contributed by atoms with van der Waals surface area (Å²) in [5.41, 5.74) is 1.16. The van der Waals surface area contributed by atoms with Crippen molar-refractivity contribution in [3.05, 3.63) is 41.6 Å². The highest BCUT2D eigenvalue weighted by Crippen LogP contribution is 2.19. The summed E-state index contributed by atoms with van der Waals surface area (Å²) in [5, 5.41) is 0.671. The van der Waals surface area contributed by atoms with Crippen molar-refractivity contribution in [3.8, 4) is 0 Å². The zero-order valence-electron chi connectivity index (χ0n) is 11.0. The van der Waals surface area contributed by atoms with Crippen LogP contribution in [-0.4, -0.2) is 43.0 Å². The molecule has 0 radical (unpaired) electrons. The lowest BCUT2D eigenvalue weighted by Crippen LogP contribution is -2.23. The van der Waals surface area contributed by atoms with Crippen LogP contribution in [0, 0.1) is 0 Å². The maximum absolute atomic E-state index is 12.0. The molecule has 1 aromatic heterocycles. The molecular formula is C14H14N2O3. The summed E-state index contributed by atoms with van der Waals surface area (Å²) in [6.45, 7) is 0. The topological polar surface area (TPSA) is 59.5 Å². The number of amides is 1. The molecule has 1 amide bonds. The maximum Gasteiger partial charge on any atom is 0.338 e. The summed E-state index contributed by atoms with van der Waals surface area (Å²) in [6.07, 6.45) is 0. The number of nitrogens with zero attached hydrogens (tertiary/aromatic N) is 2. The van der Waals surface area contributed by atoms with Gasteiger partial charge in [0.1, 0.15) is 5.69 Å². The molecule has 0 atom stereocenters. The van der Waals surface area contributed by atoms with Crippen LogP contribution >= 0.6 is 0 Å². The quantitative estimate of drug-likeness (QED) is 0.770. The van der Waals surface area contributed by atoms with Gasteiger partial charge in [-0.2, -0.15) is 0 Å². The van der Waals surface area contributed by atoms with E-state index in [0.29, 0.717) is 16.5 Å². The Bertz CT molecular complexity index is 650. The van der Waals surface area contributed by atoms with Crippen molar-refractivity contribution >= 4 is 22.8 Å².